The predicted molar refractivity (Wildman–Crippen MR) is 67.1 cm³/mol. The third-order valence-corrected chi connectivity index (χ3v) is 3.72. The number of carbonyl (C=O) groups excluding carboxylic acids is 1. The van der Waals surface area contributed by atoms with E-state index in [2.05, 4.69) is 10.3 Å². The number of nitrogens with zero attached hydrogens (tertiary/aromatic N) is 2. The average molecular weight is 256 g/mol. The van der Waals surface area contributed by atoms with E-state index >= 15 is 0 Å². The maximum absolute atomic E-state index is 11.8. The molecule has 1 N–H and O–H groups in total. The first-order chi connectivity index (χ1) is 8.16. The van der Waals surface area contributed by atoms with Gasteiger partial charge in [-0.3, -0.25) is 4.79 Å². The zero-order valence-corrected chi connectivity index (χ0v) is 10.8. The van der Waals surface area contributed by atoms with Crippen LogP contribution in [0.2, 0.25) is 0 Å². The largest absolute Gasteiger partial charge is 0.350 e. The van der Waals surface area contributed by atoms with Crippen molar-refractivity contribution in [1.82, 2.24) is 14.9 Å². The van der Waals surface area contributed by atoms with Crippen LogP contribution in [0.4, 0.5) is 0 Å². The molecular weight excluding hydrogens is 238 g/mol. The Bertz CT molecular complexity index is 391. The van der Waals surface area contributed by atoms with Crippen LogP contribution in [-0.4, -0.2) is 27.4 Å². The van der Waals surface area contributed by atoms with Crippen molar-refractivity contribution < 1.29 is 4.79 Å². The zero-order chi connectivity index (χ0) is 12.3. The Balaban J connectivity index is 1.82. The fourth-order valence-corrected chi connectivity index (χ4v) is 2.72. The summed E-state index contributed by atoms with van der Waals surface area (Å²) in [5.41, 5.74) is 0.600. The summed E-state index contributed by atoms with van der Waals surface area (Å²) >= 11 is 6.12. The predicted octanol–water partition coefficient (Wildman–Crippen LogP) is 1.95. The second-order valence-corrected chi connectivity index (χ2v) is 5.35. The summed E-state index contributed by atoms with van der Waals surface area (Å²) in [6, 6.07) is 0. The van der Waals surface area contributed by atoms with Gasteiger partial charge in [0.05, 0.1) is 12.5 Å². The molecule has 1 saturated carbocycles. The molecule has 1 heterocycles. The van der Waals surface area contributed by atoms with E-state index in [0.717, 1.165) is 19.3 Å². The fourth-order valence-electron chi connectivity index (χ4n) is 2.31. The van der Waals surface area contributed by atoms with Gasteiger partial charge in [-0.25, -0.2) is 4.98 Å². The van der Waals surface area contributed by atoms with E-state index in [9.17, 15) is 4.79 Å². The van der Waals surface area contributed by atoms with Gasteiger partial charge in [-0.1, -0.05) is 6.42 Å². The number of carbonyl (C=O) groups is 1. The van der Waals surface area contributed by atoms with Gasteiger partial charge in [0.25, 0.3) is 5.91 Å². The molecule has 2 rings (SSSR count). The van der Waals surface area contributed by atoms with E-state index in [1.165, 1.54) is 6.42 Å². The molecule has 1 aromatic heterocycles. The number of halogens is 1. The molecule has 1 aliphatic carbocycles. The van der Waals surface area contributed by atoms with Crippen LogP contribution in [0, 0.1) is 5.92 Å². The lowest BCUT2D eigenvalue weighted by molar-refractivity contribution is 0.0935. The fraction of sp³-hybridized carbons (Fsp3) is 0.667. The summed E-state index contributed by atoms with van der Waals surface area (Å²) < 4.78 is 1.72. The maximum Gasteiger partial charge on any atom is 0.269 e. The van der Waals surface area contributed by atoms with Crippen LogP contribution < -0.4 is 5.32 Å². The summed E-state index contributed by atoms with van der Waals surface area (Å²) in [6.07, 6.45) is 7.65. The van der Waals surface area contributed by atoms with Crippen molar-refractivity contribution in [1.29, 1.82) is 0 Å². The first kappa shape index (κ1) is 12.4. The van der Waals surface area contributed by atoms with E-state index in [-0.39, 0.29) is 11.3 Å². The van der Waals surface area contributed by atoms with Gasteiger partial charge in [0.1, 0.15) is 5.69 Å². The maximum atomic E-state index is 11.8. The van der Waals surface area contributed by atoms with Gasteiger partial charge < -0.3 is 9.88 Å². The summed E-state index contributed by atoms with van der Waals surface area (Å²) in [4.78, 5) is 15.8. The van der Waals surface area contributed by atoms with Crippen molar-refractivity contribution in [2.45, 2.75) is 31.1 Å². The molecule has 0 aliphatic heterocycles. The second-order valence-electron chi connectivity index (χ2n) is 4.73. The molecule has 5 heteroatoms. The Morgan fingerprint density at radius 1 is 1.65 bits per heavy atom. The average Bonchev–Trinajstić information content (AvgIpc) is 2.72. The zero-order valence-electron chi connectivity index (χ0n) is 10.0. The molecule has 1 amide bonds. The molecule has 0 saturated heterocycles. The summed E-state index contributed by atoms with van der Waals surface area (Å²) in [6.45, 7) is 0.716. The van der Waals surface area contributed by atoms with Crippen molar-refractivity contribution in [3.05, 3.63) is 18.2 Å². The van der Waals surface area contributed by atoms with Crippen molar-refractivity contribution >= 4 is 17.5 Å². The van der Waals surface area contributed by atoms with Crippen LogP contribution in [0.3, 0.4) is 0 Å². The number of alkyl halides is 1. The molecule has 0 aromatic carbocycles. The lowest BCUT2D eigenvalue weighted by Crippen LogP contribution is -2.32. The van der Waals surface area contributed by atoms with Crippen molar-refractivity contribution in [3.8, 4) is 0 Å². The van der Waals surface area contributed by atoms with Crippen molar-refractivity contribution in [2.24, 2.45) is 13.0 Å². The first-order valence-corrected chi connectivity index (χ1v) is 6.49. The molecule has 2 unspecified atom stereocenters. The highest BCUT2D eigenvalue weighted by molar-refractivity contribution is 6.20. The Morgan fingerprint density at radius 3 is 3.12 bits per heavy atom. The number of imidazole rings is 1. The van der Waals surface area contributed by atoms with Gasteiger partial charge in [0, 0.05) is 19.0 Å². The van der Waals surface area contributed by atoms with E-state index in [0.29, 0.717) is 18.2 Å². The molecule has 1 aliphatic rings. The van der Waals surface area contributed by atoms with Crippen molar-refractivity contribution in [2.75, 3.05) is 6.54 Å². The van der Waals surface area contributed by atoms with Gasteiger partial charge in [-0.2, -0.15) is 0 Å². The molecule has 4 nitrogen and oxygen atoms in total. The minimum atomic E-state index is -0.0540. The number of aryl methyl sites for hydroxylation is 1. The Kier molecular flexibility index (Phi) is 4.05. The number of hydrogen-bond donors (Lipinski definition) is 1. The molecular formula is C12H18ClN3O. The standard InChI is InChI=1S/C12H18ClN3O/c1-16-8-14-7-11(16)12(17)15-6-9-3-2-4-10(13)5-9/h7-10H,2-6H2,1H3,(H,15,17). The normalized spacial score (nSPS) is 24.6. The highest BCUT2D eigenvalue weighted by Gasteiger charge is 2.21. The van der Waals surface area contributed by atoms with E-state index in [4.69, 9.17) is 11.6 Å². The molecule has 2 atom stereocenters. The van der Waals surface area contributed by atoms with Gasteiger partial charge >= 0.3 is 0 Å². The number of amides is 1. The quantitative estimate of drug-likeness (QED) is 0.840. The van der Waals surface area contributed by atoms with Gasteiger partial charge in [0.2, 0.25) is 0 Å². The second kappa shape index (κ2) is 5.54. The number of aromatic nitrogens is 2. The van der Waals surface area contributed by atoms with Crippen LogP contribution >= 0.6 is 11.6 Å². The third-order valence-electron chi connectivity index (χ3n) is 3.32. The molecule has 94 valence electrons. The van der Waals surface area contributed by atoms with Crippen LogP contribution in [-0.2, 0) is 7.05 Å². The highest BCUT2D eigenvalue weighted by Crippen LogP contribution is 2.27. The Morgan fingerprint density at radius 2 is 2.47 bits per heavy atom. The van der Waals surface area contributed by atoms with Crippen LogP contribution in [0.5, 0.6) is 0 Å². The third kappa shape index (κ3) is 3.22. The molecule has 1 aromatic rings. The highest BCUT2D eigenvalue weighted by atomic mass is 35.5. The summed E-state index contributed by atoms with van der Waals surface area (Å²) in [5.74, 6) is 0.463. The van der Waals surface area contributed by atoms with E-state index in [1.807, 2.05) is 7.05 Å². The van der Waals surface area contributed by atoms with Crippen LogP contribution in [0.1, 0.15) is 36.2 Å². The molecule has 0 spiro atoms. The number of nitrogens with one attached hydrogen (secondary N) is 1. The summed E-state index contributed by atoms with van der Waals surface area (Å²) in [7, 11) is 1.82. The van der Waals surface area contributed by atoms with Gasteiger partial charge in [0.15, 0.2) is 0 Å². The van der Waals surface area contributed by atoms with Crippen LogP contribution in [0.15, 0.2) is 12.5 Å². The van der Waals surface area contributed by atoms with Crippen LogP contribution in [0.25, 0.3) is 0 Å². The van der Waals surface area contributed by atoms with E-state index in [1.54, 1.807) is 17.1 Å². The minimum Gasteiger partial charge on any atom is -0.350 e. The lowest BCUT2D eigenvalue weighted by Gasteiger charge is -2.25. The Hall–Kier alpha value is -1.03. The smallest absolute Gasteiger partial charge is 0.269 e. The molecule has 1 fully saturated rings. The van der Waals surface area contributed by atoms with Gasteiger partial charge in [-0.15, -0.1) is 11.6 Å². The monoisotopic (exact) mass is 255 g/mol. The molecule has 0 radical (unpaired) electrons. The van der Waals surface area contributed by atoms with Crippen molar-refractivity contribution in [3.63, 3.8) is 0 Å². The van der Waals surface area contributed by atoms with Gasteiger partial charge in [-0.05, 0) is 25.2 Å². The first-order valence-electron chi connectivity index (χ1n) is 6.05. The summed E-state index contributed by atoms with van der Waals surface area (Å²) in [5, 5.41) is 3.24. The molecule has 0 bridgehead atoms. The lowest BCUT2D eigenvalue weighted by atomic mass is 9.89. The number of rotatable bonds is 3. The topological polar surface area (TPSA) is 46.9 Å². The molecule has 17 heavy (non-hydrogen) atoms. The van der Waals surface area contributed by atoms with E-state index < -0.39 is 0 Å². The minimum absolute atomic E-state index is 0.0540. The Labute approximate surface area is 106 Å². The number of hydrogen-bond acceptors (Lipinski definition) is 2. The SMILES string of the molecule is Cn1cncc1C(=O)NCC1CCCC(Cl)C1.